The van der Waals surface area contributed by atoms with E-state index in [2.05, 4.69) is 9.98 Å². The van der Waals surface area contributed by atoms with Crippen molar-refractivity contribution in [1.29, 1.82) is 0 Å². The molecule has 7 heteroatoms. The third kappa shape index (κ3) is 3.27. The van der Waals surface area contributed by atoms with Gasteiger partial charge in [-0.15, -0.1) is 0 Å². The van der Waals surface area contributed by atoms with E-state index in [1.807, 2.05) is 19.9 Å². The zero-order valence-electron chi connectivity index (χ0n) is 14.2. The lowest BCUT2D eigenvalue weighted by Crippen LogP contribution is -2.31. The van der Waals surface area contributed by atoms with Crippen molar-refractivity contribution in [3.8, 4) is 17.3 Å². The van der Waals surface area contributed by atoms with Crippen LogP contribution in [0.25, 0.3) is 5.69 Å². The number of rotatable bonds is 3. The number of aromatic hydroxyl groups is 2. The van der Waals surface area contributed by atoms with Gasteiger partial charge < -0.3 is 10.2 Å². The number of benzene rings is 2. The summed E-state index contributed by atoms with van der Waals surface area (Å²) in [6.45, 7) is 3.82. The van der Waals surface area contributed by atoms with Crippen LogP contribution in [0.4, 0.5) is 5.69 Å². The number of nitrogens with zero attached hydrogens (tertiary/aromatic N) is 2. The third-order valence-corrected chi connectivity index (χ3v) is 4.06. The van der Waals surface area contributed by atoms with E-state index in [4.69, 9.17) is 0 Å². The summed E-state index contributed by atoms with van der Waals surface area (Å²) in [5, 5.41) is 19.8. The normalized spacial score (nSPS) is 11.2. The minimum absolute atomic E-state index is 0.0907. The number of nitrogens with one attached hydrogen (secondary N) is 1. The SMILES string of the molecule is Cc1ccc(-n2c(O)c(C=Nc3ccc(O)cc3)c(=O)[nH]c2=O)cc1C. The number of H-pyrrole nitrogens is 1. The molecule has 0 saturated heterocycles. The fraction of sp³-hybridized carbons (Fsp3) is 0.105. The maximum atomic E-state index is 12.2. The van der Waals surface area contributed by atoms with E-state index in [1.165, 1.54) is 18.3 Å². The molecule has 0 spiro atoms. The van der Waals surface area contributed by atoms with Gasteiger partial charge in [0.25, 0.3) is 5.56 Å². The minimum atomic E-state index is -0.741. The Morgan fingerprint density at radius 1 is 1.00 bits per heavy atom. The molecule has 1 heterocycles. The Kier molecular flexibility index (Phi) is 4.45. The van der Waals surface area contributed by atoms with Crippen LogP contribution in [0.2, 0.25) is 0 Å². The summed E-state index contributed by atoms with van der Waals surface area (Å²) in [5.41, 5.74) is 1.28. The molecule has 1 aromatic heterocycles. The Hall–Kier alpha value is -3.61. The van der Waals surface area contributed by atoms with Gasteiger partial charge in [-0.05, 0) is 61.4 Å². The Morgan fingerprint density at radius 3 is 2.35 bits per heavy atom. The van der Waals surface area contributed by atoms with Crippen LogP contribution in [-0.4, -0.2) is 26.0 Å². The van der Waals surface area contributed by atoms with Gasteiger partial charge in [0.05, 0.1) is 11.4 Å². The van der Waals surface area contributed by atoms with E-state index in [0.717, 1.165) is 15.7 Å². The second-order valence-corrected chi connectivity index (χ2v) is 5.88. The highest BCUT2D eigenvalue weighted by molar-refractivity contribution is 5.84. The van der Waals surface area contributed by atoms with Crippen LogP contribution in [0.3, 0.4) is 0 Å². The summed E-state index contributed by atoms with van der Waals surface area (Å²) < 4.78 is 1.02. The van der Waals surface area contributed by atoms with Crippen molar-refractivity contribution in [3.05, 3.63) is 80.0 Å². The number of aryl methyl sites for hydroxylation is 2. The summed E-state index contributed by atoms with van der Waals surface area (Å²) >= 11 is 0. The topological polar surface area (TPSA) is 108 Å². The predicted molar refractivity (Wildman–Crippen MR) is 99.2 cm³/mol. The molecular weight excluding hydrogens is 334 g/mol. The summed E-state index contributed by atoms with van der Waals surface area (Å²) in [6, 6.07) is 11.3. The van der Waals surface area contributed by atoms with Crippen molar-refractivity contribution in [2.24, 2.45) is 4.99 Å². The van der Waals surface area contributed by atoms with Gasteiger partial charge in [0.15, 0.2) is 0 Å². The van der Waals surface area contributed by atoms with Crippen molar-refractivity contribution >= 4 is 11.9 Å². The first-order valence-corrected chi connectivity index (χ1v) is 7.86. The molecule has 3 N–H and O–H groups in total. The lowest BCUT2D eigenvalue weighted by Gasteiger charge is -2.11. The van der Waals surface area contributed by atoms with Gasteiger partial charge in [0, 0.05) is 6.21 Å². The second-order valence-electron chi connectivity index (χ2n) is 5.88. The number of phenols is 1. The van der Waals surface area contributed by atoms with E-state index in [0.29, 0.717) is 11.4 Å². The molecule has 26 heavy (non-hydrogen) atoms. The molecule has 0 aliphatic rings. The van der Waals surface area contributed by atoms with Crippen LogP contribution in [0.15, 0.2) is 57.0 Å². The van der Waals surface area contributed by atoms with Crippen LogP contribution in [-0.2, 0) is 0 Å². The van der Waals surface area contributed by atoms with Crippen LogP contribution in [0.1, 0.15) is 16.7 Å². The first-order valence-electron chi connectivity index (χ1n) is 7.86. The van der Waals surface area contributed by atoms with Crippen molar-refractivity contribution in [3.63, 3.8) is 0 Å². The lowest BCUT2D eigenvalue weighted by molar-refractivity contribution is 0.430. The zero-order chi connectivity index (χ0) is 18.8. The van der Waals surface area contributed by atoms with E-state index < -0.39 is 17.1 Å². The van der Waals surface area contributed by atoms with Crippen LogP contribution >= 0.6 is 0 Å². The van der Waals surface area contributed by atoms with Gasteiger partial charge in [-0.2, -0.15) is 0 Å². The molecule has 2 aromatic carbocycles. The van der Waals surface area contributed by atoms with E-state index in [9.17, 15) is 19.8 Å². The molecule has 132 valence electrons. The molecular formula is C19H17N3O4. The fourth-order valence-electron chi connectivity index (χ4n) is 2.44. The van der Waals surface area contributed by atoms with Crippen LogP contribution in [0.5, 0.6) is 11.6 Å². The summed E-state index contributed by atoms with van der Waals surface area (Å²) in [5.74, 6) is -0.405. The van der Waals surface area contributed by atoms with E-state index in [1.54, 1.807) is 24.3 Å². The zero-order valence-corrected chi connectivity index (χ0v) is 14.2. The molecule has 0 aliphatic heterocycles. The van der Waals surface area contributed by atoms with Crippen molar-refractivity contribution in [1.82, 2.24) is 9.55 Å². The highest BCUT2D eigenvalue weighted by atomic mass is 16.3. The number of hydrogen-bond acceptors (Lipinski definition) is 5. The van der Waals surface area contributed by atoms with Crippen molar-refractivity contribution < 1.29 is 10.2 Å². The van der Waals surface area contributed by atoms with Gasteiger partial charge >= 0.3 is 5.69 Å². The number of aliphatic imine (C=N–C) groups is 1. The largest absolute Gasteiger partial charge is 0.508 e. The molecule has 3 rings (SSSR count). The van der Waals surface area contributed by atoms with Crippen LogP contribution in [0, 0.1) is 13.8 Å². The Morgan fingerprint density at radius 2 is 1.69 bits per heavy atom. The highest BCUT2D eigenvalue weighted by Gasteiger charge is 2.14. The monoisotopic (exact) mass is 351 g/mol. The molecule has 0 aliphatic carbocycles. The highest BCUT2D eigenvalue weighted by Crippen LogP contribution is 2.20. The Balaban J connectivity index is 2.12. The van der Waals surface area contributed by atoms with Crippen molar-refractivity contribution in [2.75, 3.05) is 0 Å². The van der Waals surface area contributed by atoms with Crippen molar-refractivity contribution in [2.45, 2.75) is 13.8 Å². The van der Waals surface area contributed by atoms with Gasteiger partial charge in [0.2, 0.25) is 5.88 Å². The lowest BCUT2D eigenvalue weighted by atomic mass is 10.1. The molecule has 0 unspecified atom stereocenters. The quantitative estimate of drug-likeness (QED) is 0.629. The molecule has 0 atom stereocenters. The average molecular weight is 351 g/mol. The third-order valence-electron chi connectivity index (χ3n) is 4.06. The molecule has 0 radical (unpaired) electrons. The maximum absolute atomic E-state index is 12.2. The Bertz CT molecular complexity index is 1110. The van der Waals surface area contributed by atoms with E-state index >= 15 is 0 Å². The fourth-order valence-corrected chi connectivity index (χ4v) is 2.44. The number of phenolic OH excluding ortho intramolecular Hbond substituents is 1. The molecule has 0 bridgehead atoms. The number of hydrogen-bond donors (Lipinski definition) is 3. The molecule has 0 amide bonds. The van der Waals surface area contributed by atoms with E-state index in [-0.39, 0.29) is 11.3 Å². The van der Waals surface area contributed by atoms with Gasteiger partial charge in [-0.3, -0.25) is 14.8 Å². The molecule has 3 aromatic rings. The molecule has 7 nitrogen and oxygen atoms in total. The molecule has 0 saturated carbocycles. The minimum Gasteiger partial charge on any atom is -0.508 e. The molecule has 0 fully saturated rings. The predicted octanol–water partition coefficient (Wildman–Crippen LogP) is 2.30. The summed E-state index contributed by atoms with van der Waals surface area (Å²) in [7, 11) is 0. The first-order chi connectivity index (χ1) is 12.4. The number of aromatic nitrogens is 2. The van der Waals surface area contributed by atoms with Crippen LogP contribution < -0.4 is 11.2 Å². The second kappa shape index (κ2) is 6.72. The first kappa shape index (κ1) is 17.2. The standard InChI is InChI=1S/C19H17N3O4/c1-11-3-6-14(9-12(11)2)22-18(25)16(17(24)21-19(22)26)10-20-13-4-7-15(23)8-5-13/h3-10,23,25H,1-2H3,(H,21,24,26). The Labute approximate surface area is 148 Å². The summed E-state index contributed by atoms with van der Waals surface area (Å²) in [4.78, 5) is 30.6. The van der Waals surface area contributed by atoms with Gasteiger partial charge in [-0.25, -0.2) is 9.36 Å². The average Bonchev–Trinajstić information content (AvgIpc) is 2.59. The maximum Gasteiger partial charge on any atom is 0.335 e. The smallest absolute Gasteiger partial charge is 0.335 e. The number of aromatic amines is 1. The van der Waals surface area contributed by atoms with Gasteiger partial charge in [-0.1, -0.05) is 6.07 Å². The van der Waals surface area contributed by atoms with Gasteiger partial charge in [0.1, 0.15) is 11.3 Å². The summed E-state index contributed by atoms with van der Waals surface area (Å²) in [6.07, 6.45) is 1.18.